The highest BCUT2D eigenvalue weighted by molar-refractivity contribution is 9.10. The first-order valence-corrected chi connectivity index (χ1v) is 7.12. The van der Waals surface area contributed by atoms with Crippen LogP contribution in [0.1, 0.15) is 44.7 Å². The van der Waals surface area contributed by atoms with Crippen LogP contribution >= 0.6 is 15.9 Å². The van der Waals surface area contributed by atoms with E-state index in [1.165, 1.54) is 0 Å². The number of halogens is 1. The zero-order valence-electron chi connectivity index (χ0n) is 10.8. The minimum absolute atomic E-state index is 0.0887. The number of carboxylic acids is 1. The van der Waals surface area contributed by atoms with Crippen molar-refractivity contribution in [2.75, 3.05) is 0 Å². The second-order valence-electron chi connectivity index (χ2n) is 4.36. The fraction of sp³-hybridized carbons (Fsp3) is 0.500. The molecule has 0 amide bonds. The number of carboxylic acid groups (broad SMARTS) is 1. The first kappa shape index (κ1) is 15.2. The van der Waals surface area contributed by atoms with Crippen LogP contribution in [0.25, 0.3) is 0 Å². The smallest absolute Gasteiger partial charge is 0.320 e. The Morgan fingerprint density at radius 2 is 1.94 bits per heavy atom. The zero-order chi connectivity index (χ0) is 13.5. The van der Waals surface area contributed by atoms with Gasteiger partial charge in [0.1, 0.15) is 6.04 Å². The Morgan fingerprint density at radius 1 is 1.33 bits per heavy atom. The third-order valence-electron chi connectivity index (χ3n) is 2.96. The highest BCUT2D eigenvalue weighted by Crippen LogP contribution is 2.20. The average Bonchev–Trinajstić information content (AvgIpc) is 2.35. The topological polar surface area (TPSA) is 49.3 Å². The van der Waals surface area contributed by atoms with Gasteiger partial charge in [0.25, 0.3) is 0 Å². The predicted molar refractivity (Wildman–Crippen MR) is 76.6 cm³/mol. The van der Waals surface area contributed by atoms with Crippen molar-refractivity contribution in [1.29, 1.82) is 0 Å². The van der Waals surface area contributed by atoms with E-state index in [0.29, 0.717) is 6.42 Å². The molecule has 0 aliphatic carbocycles. The summed E-state index contributed by atoms with van der Waals surface area (Å²) in [5.74, 6) is -0.771. The number of rotatable bonds is 7. The van der Waals surface area contributed by atoms with Gasteiger partial charge in [0, 0.05) is 10.5 Å². The summed E-state index contributed by atoms with van der Waals surface area (Å²) in [5, 5.41) is 12.4. The highest BCUT2D eigenvalue weighted by atomic mass is 79.9. The van der Waals surface area contributed by atoms with E-state index in [1.807, 2.05) is 31.2 Å². The van der Waals surface area contributed by atoms with Crippen molar-refractivity contribution in [1.82, 2.24) is 5.32 Å². The van der Waals surface area contributed by atoms with E-state index in [9.17, 15) is 4.79 Å². The molecule has 4 heteroatoms. The summed E-state index contributed by atoms with van der Waals surface area (Å²) < 4.78 is 1.03. The predicted octanol–water partition coefficient (Wildman–Crippen LogP) is 3.74. The van der Waals surface area contributed by atoms with Crippen LogP contribution in [0.3, 0.4) is 0 Å². The monoisotopic (exact) mass is 313 g/mol. The molecular weight excluding hydrogens is 294 g/mol. The van der Waals surface area contributed by atoms with Crippen LogP contribution in [-0.4, -0.2) is 17.1 Å². The van der Waals surface area contributed by atoms with Crippen LogP contribution in [0, 0.1) is 0 Å². The molecule has 0 radical (unpaired) electrons. The van der Waals surface area contributed by atoms with Crippen LogP contribution in [0.5, 0.6) is 0 Å². The fourth-order valence-electron chi connectivity index (χ4n) is 1.95. The highest BCUT2D eigenvalue weighted by Gasteiger charge is 2.20. The van der Waals surface area contributed by atoms with Gasteiger partial charge in [-0.25, -0.2) is 0 Å². The van der Waals surface area contributed by atoms with Crippen molar-refractivity contribution in [2.45, 2.75) is 45.2 Å². The largest absolute Gasteiger partial charge is 0.480 e. The van der Waals surface area contributed by atoms with Crippen molar-refractivity contribution in [3.8, 4) is 0 Å². The molecule has 0 bridgehead atoms. The number of hydrogen-bond acceptors (Lipinski definition) is 2. The second kappa shape index (κ2) is 7.54. The SMILES string of the molecule is CCCC(NC(CC)c1ccc(Br)cc1)C(=O)O. The maximum atomic E-state index is 11.2. The Morgan fingerprint density at radius 3 is 2.39 bits per heavy atom. The molecule has 3 nitrogen and oxygen atoms in total. The van der Waals surface area contributed by atoms with Crippen molar-refractivity contribution < 1.29 is 9.90 Å². The van der Waals surface area contributed by atoms with Gasteiger partial charge in [-0.15, -0.1) is 0 Å². The summed E-state index contributed by atoms with van der Waals surface area (Å²) in [7, 11) is 0. The molecule has 1 aromatic carbocycles. The number of nitrogens with one attached hydrogen (secondary N) is 1. The molecule has 0 saturated heterocycles. The first-order chi connectivity index (χ1) is 8.58. The van der Waals surface area contributed by atoms with E-state index in [1.54, 1.807) is 0 Å². The lowest BCUT2D eigenvalue weighted by atomic mass is 10.0. The summed E-state index contributed by atoms with van der Waals surface area (Å²) in [6.45, 7) is 4.06. The standard InChI is InChI=1S/C14H20BrNO2/c1-3-5-13(14(17)18)16-12(4-2)10-6-8-11(15)9-7-10/h6-9,12-13,16H,3-5H2,1-2H3,(H,17,18). The van der Waals surface area contributed by atoms with Gasteiger partial charge < -0.3 is 5.11 Å². The first-order valence-electron chi connectivity index (χ1n) is 6.32. The molecule has 2 atom stereocenters. The van der Waals surface area contributed by atoms with Crippen LogP contribution in [0.15, 0.2) is 28.7 Å². The van der Waals surface area contributed by atoms with E-state index in [2.05, 4.69) is 28.2 Å². The Kier molecular flexibility index (Phi) is 6.36. The average molecular weight is 314 g/mol. The lowest BCUT2D eigenvalue weighted by molar-refractivity contribution is -0.139. The minimum atomic E-state index is -0.771. The van der Waals surface area contributed by atoms with Crippen LogP contribution in [0.2, 0.25) is 0 Å². The van der Waals surface area contributed by atoms with Crippen molar-refractivity contribution >= 4 is 21.9 Å². The number of aliphatic carboxylic acids is 1. The molecule has 0 spiro atoms. The van der Waals surface area contributed by atoms with Gasteiger partial charge in [-0.3, -0.25) is 10.1 Å². The zero-order valence-corrected chi connectivity index (χ0v) is 12.4. The Bertz CT molecular complexity index is 378. The third-order valence-corrected chi connectivity index (χ3v) is 3.49. The molecule has 100 valence electrons. The molecular formula is C14H20BrNO2. The summed E-state index contributed by atoms with van der Waals surface area (Å²) in [6, 6.07) is 7.63. The van der Waals surface area contributed by atoms with E-state index in [4.69, 9.17) is 5.11 Å². The van der Waals surface area contributed by atoms with Gasteiger partial charge in [-0.05, 0) is 30.5 Å². The van der Waals surface area contributed by atoms with Crippen LogP contribution in [0.4, 0.5) is 0 Å². The van der Waals surface area contributed by atoms with Crippen molar-refractivity contribution in [3.63, 3.8) is 0 Å². The molecule has 0 fully saturated rings. The molecule has 1 rings (SSSR count). The van der Waals surface area contributed by atoms with E-state index in [-0.39, 0.29) is 6.04 Å². The summed E-state index contributed by atoms with van der Waals surface area (Å²) in [5.41, 5.74) is 1.13. The lowest BCUT2D eigenvalue weighted by Crippen LogP contribution is -2.38. The molecule has 1 aromatic rings. The van der Waals surface area contributed by atoms with Gasteiger partial charge in [0.2, 0.25) is 0 Å². The molecule has 0 saturated carbocycles. The summed E-state index contributed by atoms with van der Waals surface area (Å²) in [4.78, 5) is 11.2. The quantitative estimate of drug-likeness (QED) is 0.806. The maximum Gasteiger partial charge on any atom is 0.320 e. The Balaban J connectivity index is 2.76. The molecule has 2 N–H and O–H groups in total. The lowest BCUT2D eigenvalue weighted by Gasteiger charge is -2.22. The molecule has 0 aromatic heterocycles. The van der Waals surface area contributed by atoms with Gasteiger partial charge in [-0.2, -0.15) is 0 Å². The Labute approximate surface area is 117 Å². The van der Waals surface area contributed by atoms with Crippen LogP contribution in [-0.2, 0) is 4.79 Å². The van der Waals surface area contributed by atoms with Gasteiger partial charge in [-0.1, -0.05) is 48.3 Å². The minimum Gasteiger partial charge on any atom is -0.480 e. The molecule has 0 aliphatic rings. The second-order valence-corrected chi connectivity index (χ2v) is 5.27. The van der Waals surface area contributed by atoms with Gasteiger partial charge >= 0.3 is 5.97 Å². The van der Waals surface area contributed by atoms with Crippen molar-refractivity contribution in [2.24, 2.45) is 0 Å². The van der Waals surface area contributed by atoms with Crippen LogP contribution < -0.4 is 5.32 Å². The van der Waals surface area contributed by atoms with E-state index >= 15 is 0 Å². The molecule has 0 heterocycles. The third kappa shape index (κ3) is 4.42. The van der Waals surface area contributed by atoms with Crippen molar-refractivity contribution in [3.05, 3.63) is 34.3 Å². The molecule has 18 heavy (non-hydrogen) atoms. The van der Waals surface area contributed by atoms with E-state index < -0.39 is 12.0 Å². The number of hydrogen-bond donors (Lipinski definition) is 2. The van der Waals surface area contributed by atoms with E-state index in [0.717, 1.165) is 22.9 Å². The number of carbonyl (C=O) groups is 1. The summed E-state index contributed by atoms with van der Waals surface area (Å²) >= 11 is 3.40. The van der Waals surface area contributed by atoms with Gasteiger partial charge in [0.15, 0.2) is 0 Å². The number of benzene rings is 1. The maximum absolute atomic E-state index is 11.2. The summed E-state index contributed by atoms with van der Waals surface area (Å²) in [6.07, 6.45) is 2.39. The normalized spacial score (nSPS) is 14.2. The Hall–Kier alpha value is -0.870. The fourth-order valence-corrected chi connectivity index (χ4v) is 2.22. The molecule has 2 unspecified atom stereocenters. The molecule has 0 aliphatic heterocycles. The van der Waals surface area contributed by atoms with Gasteiger partial charge in [0.05, 0.1) is 0 Å².